The van der Waals surface area contributed by atoms with E-state index in [1.54, 1.807) is 11.1 Å². The Labute approximate surface area is 98.3 Å². The Morgan fingerprint density at radius 1 is 1.19 bits per heavy atom. The SMILES string of the molecule is Cc1cccc2c1C(C1CCCC1)CNC2. The maximum Gasteiger partial charge on any atom is 0.0208 e. The lowest BCUT2D eigenvalue weighted by molar-refractivity contribution is 0.390. The second-order valence-corrected chi connectivity index (χ2v) is 5.43. The molecule has 0 bridgehead atoms. The molecule has 16 heavy (non-hydrogen) atoms. The summed E-state index contributed by atoms with van der Waals surface area (Å²) in [6.07, 6.45) is 5.78. The van der Waals surface area contributed by atoms with E-state index in [1.807, 2.05) is 0 Å². The van der Waals surface area contributed by atoms with E-state index in [9.17, 15) is 0 Å². The van der Waals surface area contributed by atoms with Crippen molar-refractivity contribution in [2.24, 2.45) is 5.92 Å². The normalized spacial score (nSPS) is 25.7. The Hall–Kier alpha value is -0.820. The average molecular weight is 215 g/mol. The maximum absolute atomic E-state index is 3.60. The van der Waals surface area contributed by atoms with Crippen LogP contribution in [0.1, 0.15) is 48.3 Å². The molecular formula is C15H21N. The lowest BCUT2D eigenvalue weighted by atomic mass is 9.78. The molecule has 0 saturated heterocycles. The van der Waals surface area contributed by atoms with Gasteiger partial charge >= 0.3 is 0 Å². The highest BCUT2D eigenvalue weighted by atomic mass is 14.9. The molecular weight excluding hydrogens is 194 g/mol. The molecule has 1 N–H and O–H groups in total. The van der Waals surface area contributed by atoms with Gasteiger partial charge in [0, 0.05) is 13.1 Å². The fourth-order valence-corrected chi connectivity index (χ4v) is 3.65. The minimum Gasteiger partial charge on any atom is -0.312 e. The van der Waals surface area contributed by atoms with Crippen LogP contribution in [0.5, 0.6) is 0 Å². The van der Waals surface area contributed by atoms with Crippen molar-refractivity contribution in [3.8, 4) is 0 Å². The molecule has 1 aromatic rings. The molecule has 1 fully saturated rings. The smallest absolute Gasteiger partial charge is 0.0208 e. The number of aryl methyl sites for hydroxylation is 1. The van der Waals surface area contributed by atoms with E-state index in [1.165, 1.54) is 37.8 Å². The van der Waals surface area contributed by atoms with Crippen LogP contribution < -0.4 is 5.32 Å². The Morgan fingerprint density at radius 3 is 2.81 bits per heavy atom. The van der Waals surface area contributed by atoms with E-state index in [0.29, 0.717) is 0 Å². The molecule has 1 aliphatic carbocycles. The number of hydrogen-bond acceptors (Lipinski definition) is 1. The molecule has 1 unspecified atom stereocenters. The Balaban J connectivity index is 1.98. The first kappa shape index (κ1) is 10.3. The summed E-state index contributed by atoms with van der Waals surface area (Å²) in [6, 6.07) is 6.79. The highest BCUT2D eigenvalue weighted by Gasteiger charge is 2.30. The van der Waals surface area contributed by atoms with E-state index in [2.05, 4.69) is 30.4 Å². The molecule has 2 aliphatic rings. The van der Waals surface area contributed by atoms with Gasteiger partial charge in [0.05, 0.1) is 0 Å². The van der Waals surface area contributed by atoms with Gasteiger partial charge in [-0.25, -0.2) is 0 Å². The van der Waals surface area contributed by atoms with Crippen molar-refractivity contribution in [1.29, 1.82) is 0 Å². The van der Waals surface area contributed by atoms with Gasteiger partial charge in [-0.3, -0.25) is 0 Å². The first-order valence-electron chi connectivity index (χ1n) is 6.65. The van der Waals surface area contributed by atoms with Crippen molar-refractivity contribution in [2.75, 3.05) is 6.54 Å². The zero-order valence-electron chi connectivity index (χ0n) is 10.1. The van der Waals surface area contributed by atoms with Crippen LogP contribution in [0.3, 0.4) is 0 Å². The molecule has 3 rings (SSSR count). The molecule has 1 saturated carbocycles. The highest BCUT2D eigenvalue weighted by molar-refractivity contribution is 5.39. The van der Waals surface area contributed by atoms with Crippen molar-refractivity contribution in [2.45, 2.75) is 45.1 Å². The molecule has 1 aromatic carbocycles. The summed E-state index contributed by atoms with van der Waals surface area (Å²) in [4.78, 5) is 0. The molecule has 1 nitrogen and oxygen atoms in total. The minimum atomic E-state index is 0.785. The second kappa shape index (κ2) is 4.21. The van der Waals surface area contributed by atoms with Gasteiger partial charge in [-0.1, -0.05) is 31.0 Å². The van der Waals surface area contributed by atoms with Gasteiger partial charge < -0.3 is 5.32 Å². The van der Waals surface area contributed by atoms with Crippen LogP contribution in [0.15, 0.2) is 18.2 Å². The van der Waals surface area contributed by atoms with Crippen molar-refractivity contribution < 1.29 is 0 Å². The third-order valence-electron chi connectivity index (χ3n) is 4.43. The lowest BCUT2D eigenvalue weighted by Gasteiger charge is -2.32. The number of nitrogens with one attached hydrogen (secondary N) is 1. The third-order valence-corrected chi connectivity index (χ3v) is 4.43. The summed E-state index contributed by atoms with van der Waals surface area (Å²) >= 11 is 0. The molecule has 1 heterocycles. The van der Waals surface area contributed by atoms with Crippen molar-refractivity contribution in [1.82, 2.24) is 5.32 Å². The molecule has 1 atom stereocenters. The predicted molar refractivity (Wildman–Crippen MR) is 67.6 cm³/mol. The Morgan fingerprint density at radius 2 is 2.00 bits per heavy atom. The van der Waals surface area contributed by atoms with Gasteiger partial charge in [-0.15, -0.1) is 0 Å². The molecule has 0 spiro atoms. The van der Waals surface area contributed by atoms with Crippen LogP contribution in [0, 0.1) is 12.8 Å². The van der Waals surface area contributed by atoms with Crippen LogP contribution in [-0.2, 0) is 6.54 Å². The van der Waals surface area contributed by atoms with E-state index in [4.69, 9.17) is 0 Å². The van der Waals surface area contributed by atoms with E-state index in [-0.39, 0.29) is 0 Å². The Bertz CT molecular complexity index is 377. The summed E-state index contributed by atoms with van der Waals surface area (Å²) < 4.78 is 0. The first-order chi connectivity index (χ1) is 7.86. The van der Waals surface area contributed by atoms with E-state index >= 15 is 0 Å². The highest BCUT2D eigenvalue weighted by Crippen LogP contribution is 2.40. The number of fused-ring (bicyclic) bond motifs is 1. The van der Waals surface area contributed by atoms with Gasteiger partial charge in [-0.2, -0.15) is 0 Å². The van der Waals surface area contributed by atoms with Gasteiger partial charge in [0.15, 0.2) is 0 Å². The van der Waals surface area contributed by atoms with E-state index < -0.39 is 0 Å². The van der Waals surface area contributed by atoms with Crippen LogP contribution >= 0.6 is 0 Å². The van der Waals surface area contributed by atoms with Gasteiger partial charge in [0.2, 0.25) is 0 Å². The zero-order chi connectivity index (χ0) is 11.0. The summed E-state index contributed by atoms with van der Waals surface area (Å²) in [5, 5.41) is 3.60. The van der Waals surface area contributed by atoms with Crippen molar-refractivity contribution in [3.63, 3.8) is 0 Å². The summed E-state index contributed by atoms with van der Waals surface area (Å²) in [5.74, 6) is 1.72. The molecule has 1 heteroatoms. The maximum atomic E-state index is 3.60. The second-order valence-electron chi connectivity index (χ2n) is 5.43. The number of hydrogen-bond donors (Lipinski definition) is 1. The quantitative estimate of drug-likeness (QED) is 0.757. The largest absolute Gasteiger partial charge is 0.312 e. The first-order valence-corrected chi connectivity index (χ1v) is 6.65. The molecule has 86 valence electrons. The van der Waals surface area contributed by atoms with Crippen LogP contribution in [-0.4, -0.2) is 6.54 Å². The van der Waals surface area contributed by atoms with Gasteiger partial charge in [-0.05, 0) is 48.3 Å². The van der Waals surface area contributed by atoms with Crippen LogP contribution in [0.4, 0.5) is 0 Å². The molecule has 0 amide bonds. The monoisotopic (exact) mass is 215 g/mol. The van der Waals surface area contributed by atoms with E-state index in [0.717, 1.165) is 18.4 Å². The fourth-order valence-electron chi connectivity index (χ4n) is 3.65. The average Bonchev–Trinajstić information content (AvgIpc) is 2.82. The van der Waals surface area contributed by atoms with Crippen molar-refractivity contribution >= 4 is 0 Å². The van der Waals surface area contributed by atoms with Crippen molar-refractivity contribution in [3.05, 3.63) is 34.9 Å². The summed E-state index contributed by atoms with van der Waals surface area (Å²) in [6.45, 7) is 4.55. The van der Waals surface area contributed by atoms with Crippen LogP contribution in [0.2, 0.25) is 0 Å². The molecule has 0 aromatic heterocycles. The predicted octanol–water partition coefficient (Wildman–Crippen LogP) is 3.37. The third kappa shape index (κ3) is 1.67. The number of benzene rings is 1. The lowest BCUT2D eigenvalue weighted by Crippen LogP contribution is -2.32. The molecule has 0 radical (unpaired) electrons. The Kier molecular flexibility index (Phi) is 2.72. The van der Waals surface area contributed by atoms with Crippen LogP contribution in [0.25, 0.3) is 0 Å². The van der Waals surface area contributed by atoms with Gasteiger partial charge in [0.1, 0.15) is 0 Å². The zero-order valence-corrected chi connectivity index (χ0v) is 10.1. The minimum absolute atomic E-state index is 0.785. The van der Waals surface area contributed by atoms with Gasteiger partial charge in [0.25, 0.3) is 0 Å². The standard InChI is InChI=1S/C15H21N/c1-11-5-4-8-13-9-16-10-14(15(11)13)12-6-2-3-7-12/h4-5,8,12,14,16H,2-3,6-7,9-10H2,1H3. The summed E-state index contributed by atoms with van der Waals surface area (Å²) in [7, 11) is 0. The summed E-state index contributed by atoms with van der Waals surface area (Å²) in [5.41, 5.74) is 4.73. The topological polar surface area (TPSA) is 12.0 Å². The molecule has 1 aliphatic heterocycles. The fraction of sp³-hybridized carbons (Fsp3) is 0.600. The number of rotatable bonds is 1.